The van der Waals surface area contributed by atoms with Crippen molar-refractivity contribution in [2.24, 2.45) is 5.73 Å². The van der Waals surface area contributed by atoms with Crippen molar-refractivity contribution in [3.63, 3.8) is 0 Å². The van der Waals surface area contributed by atoms with Crippen LogP contribution < -0.4 is 10.5 Å². The number of benzene rings is 2. The predicted octanol–water partition coefficient (Wildman–Crippen LogP) is 4.25. The lowest BCUT2D eigenvalue weighted by atomic mass is 9.94. The van der Waals surface area contributed by atoms with Crippen LogP contribution in [0.4, 0.5) is 13.2 Å². The molecule has 0 heterocycles. The highest BCUT2D eigenvalue weighted by Crippen LogP contribution is 2.27. The standard InChI is InChI=1S/C16H16F3NO/c1-10-3-8-14(11(2)9-10)15(20)12-4-6-13(7-5-12)21-16(17,18)19/h3-9,15H,20H2,1-2H3/t15-/m1/s1. The molecule has 0 aliphatic carbocycles. The number of halogens is 3. The molecule has 112 valence electrons. The fourth-order valence-corrected chi connectivity index (χ4v) is 2.23. The van der Waals surface area contributed by atoms with Gasteiger partial charge in [0.1, 0.15) is 5.75 Å². The van der Waals surface area contributed by atoms with E-state index in [4.69, 9.17) is 5.73 Å². The van der Waals surface area contributed by atoms with Gasteiger partial charge in [-0.15, -0.1) is 13.2 Å². The van der Waals surface area contributed by atoms with Gasteiger partial charge in [0.15, 0.2) is 0 Å². The van der Waals surface area contributed by atoms with E-state index in [0.717, 1.165) is 22.3 Å². The highest BCUT2D eigenvalue weighted by molar-refractivity contribution is 5.40. The van der Waals surface area contributed by atoms with E-state index in [1.165, 1.54) is 12.1 Å². The van der Waals surface area contributed by atoms with Crippen molar-refractivity contribution in [1.82, 2.24) is 0 Å². The lowest BCUT2D eigenvalue weighted by Crippen LogP contribution is -2.17. The van der Waals surface area contributed by atoms with E-state index in [0.29, 0.717) is 0 Å². The molecule has 0 aromatic heterocycles. The van der Waals surface area contributed by atoms with Crippen molar-refractivity contribution in [3.8, 4) is 5.75 Å². The molecule has 0 unspecified atom stereocenters. The Morgan fingerprint density at radius 1 is 1.00 bits per heavy atom. The molecule has 2 rings (SSSR count). The zero-order valence-corrected chi connectivity index (χ0v) is 11.7. The Morgan fingerprint density at radius 3 is 2.14 bits per heavy atom. The predicted molar refractivity (Wildman–Crippen MR) is 75.1 cm³/mol. The van der Waals surface area contributed by atoms with E-state index >= 15 is 0 Å². The Balaban J connectivity index is 2.22. The van der Waals surface area contributed by atoms with Crippen molar-refractivity contribution in [2.45, 2.75) is 26.3 Å². The highest BCUT2D eigenvalue weighted by atomic mass is 19.4. The molecule has 0 fully saturated rings. The minimum atomic E-state index is -4.68. The molecule has 0 aliphatic heterocycles. The summed E-state index contributed by atoms with van der Waals surface area (Å²) < 4.78 is 40.2. The van der Waals surface area contributed by atoms with Crippen LogP contribution in [0.15, 0.2) is 42.5 Å². The summed E-state index contributed by atoms with van der Waals surface area (Å²) >= 11 is 0. The highest BCUT2D eigenvalue weighted by Gasteiger charge is 2.31. The number of nitrogens with two attached hydrogens (primary N) is 1. The van der Waals surface area contributed by atoms with Crippen LogP contribution in [-0.4, -0.2) is 6.36 Å². The zero-order chi connectivity index (χ0) is 15.6. The van der Waals surface area contributed by atoms with Gasteiger partial charge in [-0.25, -0.2) is 0 Å². The molecule has 2 aromatic carbocycles. The number of aryl methyl sites for hydroxylation is 2. The van der Waals surface area contributed by atoms with Gasteiger partial charge in [-0.05, 0) is 42.7 Å². The summed E-state index contributed by atoms with van der Waals surface area (Å²) in [4.78, 5) is 0. The minimum absolute atomic E-state index is 0.251. The summed E-state index contributed by atoms with van der Waals surface area (Å²) in [6.45, 7) is 3.95. The van der Waals surface area contributed by atoms with Crippen molar-refractivity contribution in [3.05, 3.63) is 64.7 Å². The zero-order valence-electron chi connectivity index (χ0n) is 11.7. The molecule has 2 aromatic rings. The van der Waals surface area contributed by atoms with Crippen LogP contribution in [0.1, 0.15) is 28.3 Å². The maximum atomic E-state index is 12.1. The topological polar surface area (TPSA) is 35.2 Å². The molecule has 21 heavy (non-hydrogen) atoms. The van der Waals surface area contributed by atoms with E-state index < -0.39 is 6.36 Å². The van der Waals surface area contributed by atoms with Gasteiger partial charge in [-0.2, -0.15) is 0 Å². The van der Waals surface area contributed by atoms with Gasteiger partial charge in [0.05, 0.1) is 6.04 Å². The summed E-state index contributed by atoms with van der Waals surface area (Å²) in [7, 11) is 0. The first-order chi connectivity index (χ1) is 9.76. The lowest BCUT2D eigenvalue weighted by molar-refractivity contribution is -0.274. The van der Waals surface area contributed by atoms with Gasteiger partial charge in [0, 0.05) is 0 Å². The third kappa shape index (κ3) is 3.98. The number of rotatable bonds is 3. The lowest BCUT2D eigenvalue weighted by Gasteiger charge is -2.16. The third-order valence-electron chi connectivity index (χ3n) is 3.23. The van der Waals surface area contributed by atoms with E-state index in [1.807, 2.05) is 32.0 Å². The van der Waals surface area contributed by atoms with Crippen LogP contribution in [0.25, 0.3) is 0 Å². The molecular weight excluding hydrogens is 279 g/mol. The van der Waals surface area contributed by atoms with E-state index in [2.05, 4.69) is 4.74 Å². The fraction of sp³-hybridized carbons (Fsp3) is 0.250. The largest absolute Gasteiger partial charge is 0.573 e. The summed E-state index contributed by atoms with van der Waals surface area (Å²) in [5.74, 6) is -0.251. The first kappa shape index (κ1) is 15.4. The van der Waals surface area contributed by atoms with Crippen LogP contribution in [-0.2, 0) is 0 Å². The fourth-order valence-electron chi connectivity index (χ4n) is 2.23. The summed E-state index contributed by atoms with van der Waals surface area (Å²) in [5, 5.41) is 0. The van der Waals surface area contributed by atoms with E-state index in [1.54, 1.807) is 12.1 Å². The van der Waals surface area contributed by atoms with Gasteiger partial charge in [-0.3, -0.25) is 0 Å². The molecule has 2 nitrogen and oxygen atoms in total. The van der Waals surface area contributed by atoms with Gasteiger partial charge in [0.25, 0.3) is 0 Å². The molecule has 2 N–H and O–H groups in total. The van der Waals surface area contributed by atoms with Crippen LogP contribution in [0.3, 0.4) is 0 Å². The molecule has 0 aliphatic rings. The average molecular weight is 295 g/mol. The summed E-state index contributed by atoms with van der Waals surface area (Å²) in [5.41, 5.74) is 10.1. The number of hydrogen-bond donors (Lipinski definition) is 1. The quantitative estimate of drug-likeness (QED) is 0.918. The Labute approximate surface area is 121 Å². The maximum Gasteiger partial charge on any atom is 0.573 e. The van der Waals surface area contributed by atoms with Crippen molar-refractivity contribution >= 4 is 0 Å². The molecule has 0 bridgehead atoms. The van der Waals surface area contributed by atoms with Gasteiger partial charge in [0.2, 0.25) is 0 Å². The smallest absolute Gasteiger partial charge is 0.406 e. The van der Waals surface area contributed by atoms with Crippen LogP contribution in [0.5, 0.6) is 5.75 Å². The van der Waals surface area contributed by atoms with Crippen LogP contribution in [0.2, 0.25) is 0 Å². The van der Waals surface area contributed by atoms with Crippen molar-refractivity contribution in [2.75, 3.05) is 0 Å². The SMILES string of the molecule is Cc1ccc([C@H](N)c2ccc(OC(F)(F)F)cc2)c(C)c1. The summed E-state index contributed by atoms with van der Waals surface area (Å²) in [6.07, 6.45) is -4.68. The molecule has 1 atom stereocenters. The minimum Gasteiger partial charge on any atom is -0.406 e. The molecule has 5 heteroatoms. The Morgan fingerprint density at radius 2 is 1.62 bits per heavy atom. The second kappa shape index (κ2) is 5.77. The van der Waals surface area contributed by atoms with Crippen LogP contribution >= 0.6 is 0 Å². The van der Waals surface area contributed by atoms with Crippen molar-refractivity contribution < 1.29 is 17.9 Å². The second-order valence-electron chi connectivity index (χ2n) is 4.95. The number of ether oxygens (including phenoxy) is 1. The van der Waals surface area contributed by atoms with E-state index in [-0.39, 0.29) is 11.8 Å². The Bertz CT molecular complexity index is 620. The van der Waals surface area contributed by atoms with Gasteiger partial charge >= 0.3 is 6.36 Å². The van der Waals surface area contributed by atoms with Gasteiger partial charge < -0.3 is 10.5 Å². The van der Waals surface area contributed by atoms with Gasteiger partial charge in [-0.1, -0.05) is 35.9 Å². The summed E-state index contributed by atoms with van der Waals surface area (Å²) in [6, 6.07) is 11.2. The van der Waals surface area contributed by atoms with E-state index in [9.17, 15) is 13.2 Å². The van der Waals surface area contributed by atoms with Crippen molar-refractivity contribution in [1.29, 1.82) is 0 Å². The molecule has 0 radical (unpaired) electrons. The molecule has 0 saturated heterocycles. The normalized spacial score (nSPS) is 13.0. The Hall–Kier alpha value is -2.01. The molecular formula is C16H16F3NO. The van der Waals surface area contributed by atoms with Crippen LogP contribution in [0, 0.1) is 13.8 Å². The third-order valence-corrected chi connectivity index (χ3v) is 3.23. The monoisotopic (exact) mass is 295 g/mol. The number of hydrogen-bond acceptors (Lipinski definition) is 2. The first-order valence-electron chi connectivity index (χ1n) is 6.45. The average Bonchev–Trinajstić information content (AvgIpc) is 2.37. The number of alkyl halides is 3. The Kier molecular flexibility index (Phi) is 4.23. The molecule has 0 saturated carbocycles. The maximum absolute atomic E-state index is 12.1. The first-order valence-corrected chi connectivity index (χ1v) is 6.45. The molecule has 0 amide bonds. The molecule has 0 spiro atoms. The second-order valence-corrected chi connectivity index (χ2v) is 4.95.